The number of likely N-dealkylation sites (tertiary alicyclic amines) is 1. The molecule has 5 heteroatoms. The van der Waals surface area contributed by atoms with Gasteiger partial charge in [0, 0.05) is 19.0 Å². The van der Waals surface area contributed by atoms with E-state index in [1.54, 1.807) is 6.07 Å². The number of hydrogen-bond acceptors (Lipinski definition) is 2. The van der Waals surface area contributed by atoms with Crippen LogP contribution in [0, 0.1) is 5.92 Å². The standard InChI is InChI=1S/C10H11BrClNO2/c11-9-8(2-4-15-9)10(14)13-3-1-7(5-12)6-13/h2,4,7H,1,3,5-6H2. The molecule has 1 aromatic heterocycles. The van der Waals surface area contributed by atoms with Gasteiger partial charge in [0.2, 0.25) is 0 Å². The number of nitrogens with zero attached hydrogens (tertiary/aromatic N) is 1. The molecule has 0 aliphatic carbocycles. The zero-order chi connectivity index (χ0) is 10.8. The van der Waals surface area contributed by atoms with Crippen LogP contribution in [0.2, 0.25) is 0 Å². The lowest BCUT2D eigenvalue weighted by molar-refractivity contribution is 0.0786. The van der Waals surface area contributed by atoms with Crippen LogP contribution in [0.3, 0.4) is 0 Å². The van der Waals surface area contributed by atoms with Gasteiger partial charge in [-0.3, -0.25) is 4.79 Å². The Bertz CT molecular complexity index is 366. The topological polar surface area (TPSA) is 33.5 Å². The lowest BCUT2D eigenvalue weighted by Crippen LogP contribution is -2.28. The number of alkyl halides is 1. The molecule has 2 rings (SSSR count). The Morgan fingerprint density at radius 2 is 2.53 bits per heavy atom. The fraction of sp³-hybridized carbons (Fsp3) is 0.500. The van der Waals surface area contributed by atoms with Crippen LogP contribution in [0.25, 0.3) is 0 Å². The Kier molecular flexibility index (Phi) is 3.36. The van der Waals surface area contributed by atoms with E-state index >= 15 is 0 Å². The SMILES string of the molecule is O=C(c1ccoc1Br)N1CCC(CCl)C1. The minimum absolute atomic E-state index is 0.0169. The van der Waals surface area contributed by atoms with Crippen LogP contribution in [0.1, 0.15) is 16.8 Å². The monoisotopic (exact) mass is 291 g/mol. The van der Waals surface area contributed by atoms with Crippen molar-refractivity contribution >= 4 is 33.4 Å². The van der Waals surface area contributed by atoms with E-state index in [1.807, 2.05) is 4.90 Å². The molecule has 3 nitrogen and oxygen atoms in total. The van der Waals surface area contributed by atoms with Crippen LogP contribution < -0.4 is 0 Å². The second-order valence-electron chi connectivity index (χ2n) is 3.67. The van der Waals surface area contributed by atoms with Crippen molar-refractivity contribution < 1.29 is 9.21 Å². The Hall–Kier alpha value is -0.480. The van der Waals surface area contributed by atoms with E-state index in [0.29, 0.717) is 22.0 Å². The summed E-state index contributed by atoms with van der Waals surface area (Å²) in [5.41, 5.74) is 0.588. The van der Waals surface area contributed by atoms with Crippen LogP contribution in [0.15, 0.2) is 21.4 Å². The van der Waals surface area contributed by atoms with Gasteiger partial charge in [0.05, 0.1) is 11.8 Å². The van der Waals surface area contributed by atoms with Crippen molar-refractivity contribution in [1.82, 2.24) is 4.90 Å². The van der Waals surface area contributed by atoms with Crippen LogP contribution in [-0.2, 0) is 0 Å². The molecule has 1 unspecified atom stereocenters. The van der Waals surface area contributed by atoms with Crippen molar-refractivity contribution in [2.75, 3.05) is 19.0 Å². The molecule has 1 aromatic rings. The minimum Gasteiger partial charge on any atom is -0.457 e. The van der Waals surface area contributed by atoms with Crippen molar-refractivity contribution in [2.45, 2.75) is 6.42 Å². The molecule has 0 saturated carbocycles. The summed E-state index contributed by atoms with van der Waals surface area (Å²) in [6.07, 6.45) is 2.50. The molecule has 1 atom stereocenters. The summed E-state index contributed by atoms with van der Waals surface area (Å²) in [5.74, 6) is 1.07. The van der Waals surface area contributed by atoms with Crippen LogP contribution >= 0.6 is 27.5 Å². The van der Waals surface area contributed by atoms with E-state index in [1.165, 1.54) is 6.26 Å². The van der Waals surface area contributed by atoms with Gasteiger partial charge in [-0.05, 0) is 34.3 Å². The zero-order valence-electron chi connectivity index (χ0n) is 8.08. The highest BCUT2D eigenvalue weighted by Gasteiger charge is 2.27. The second-order valence-corrected chi connectivity index (χ2v) is 4.70. The highest BCUT2D eigenvalue weighted by molar-refractivity contribution is 9.10. The Morgan fingerprint density at radius 1 is 1.73 bits per heavy atom. The summed E-state index contributed by atoms with van der Waals surface area (Å²) in [5, 5.41) is 0. The molecule has 1 saturated heterocycles. The summed E-state index contributed by atoms with van der Waals surface area (Å²) >= 11 is 8.97. The number of furan rings is 1. The number of halogens is 2. The smallest absolute Gasteiger partial charge is 0.258 e. The van der Waals surface area contributed by atoms with E-state index in [-0.39, 0.29) is 5.91 Å². The molecule has 1 aliphatic heterocycles. The van der Waals surface area contributed by atoms with E-state index in [0.717, 1.165) is 19.5 Å². The van der Waals surface area contributed by atoms with Crippen LogP contribution in [0.4, 0.5) is 0 Å². The predicted octanol–water partition coefficient (Wildman–Crippen LogP) is 2.74. The third kappa shape index (κ3) is 2.21. The van der Waals surface area contributed by atoms with Gasteiger partial charge in [0.25, 0.3) is 5.91 Å². The first kappa shape index (κ1) is 11.0. The molecule has 1 aliphatic rings. The van der Waals surface area contributed by atoms with Crippen LogP contribution in [-0.4, -0.2) is 29.8 Å². The fourth-order valence-corrected chi connectivity index (χ4v) is 2.42. The summed E-state index contributed by atoms with van der Waals surface area (Å²) in [6.45, 7) is 1.54. The molecule has 0 radical (unpaired) electrons. The van der Waals surface area contributed by atoms with Gasteiger partial charge in [-0.2, -0.15) is 0 Å². The largest absolute Gasteiger partial charge is 0.457 e. The lowest BCUT2D eigenvalue weighted by Gasteiger charge is -2.14. The van der Waals surface area contributed by atoms with Crippen molar-refractivity contribution in [3.63, 3.8) is 0 Å². The Morgan fingerprint density at radius 3 is 3.07 bits per heavy atom. The quantitative estimate of drug-likeness (QED) is 0.785. The summed E-state index contributed by atoms with van der Waals surface area (Å²) in [6, 6.07) is 1.68. The molecule has 2 heterocycles. The second kappa shape index (κ2) is 4.58. The normalized spacial score (nSPS) is 20.9. The van der Waals surface area contributed by atoms with Gasteiger partial charge >= 0.3 is 0 Å². The third-order valence-corrected chi connectivity index (χ3v) is 3.69. The highest BCUT2D eigenvalue weighted by atomic mass is 79.9. The first-order valence-electron chi connectivity index (χ1n) is 4.80. The van der Waals surface area contributed by atoms with Crippen LogP contribution in [0.5, 0.6) is 0 Å². The van der Waals surface area contributed by atoms with Gasteiger partial charge in [-0.25, -0.2) is 0 Å². The maximum atomic E-state index is 12.0. The van der Waals surface area contributed by atoms with Gasteiger partial charge in [-0.15, -0.1) is 11.6 Å². The molecule has 0 bridgehead atoms. The predicted molar refractivity (Wildman–Crippen MR) is 61.1 cm³/mol. The fourth-order valence-electron chi connectivity index (χ4n) is 1.76. The van der Waals surface area contributed by atoms with E-state index < -0.39 is 0 Å². The summed E-state index contributed by atoms with van der Waals surface area (Å²) in [4.78, 5) is 13.8. The minimum atomic E-state index is 0.0169. The summed E-state index contributed by atoms with van der Waals surface area (Å²) in [7, 11) is 0. The van der Waals surface area contributed by atoms with E-state index in [2.05, 4.69) is 15.9 Å². The first-order valence-corrected chi connectivity index (χ1v) is 6.13. The first-order chi connectivity index (χ1) is 7.22. The highest BCUT2D eigenvalue weighted by Crippen LogP contribution is 2.24. The van der Waals surface area contributed by atoms with Crippen molar-refractivity contribution in [2.24, 2.45) is 5.92 Å². The Labute approximate surface area is 102 Å². The van der Waals surface area contributed by atoms with Gasteiger partial charge < -0.3 is 9.32 Å². The maximum absolute atomic E-state index is 12.0. The van der Waals surface area contributed by atoms with Crippen molar-refractivity contribution in [3.05, 3.63) is 22.6 Å². The maximum Gasteiger partial charge on any atom is 0.258 e. The number of hydrogen-bond donors (Lipinski definition) is 0. The molecule has 0 spiro atoms. The number of rotatable bonds is 2. The van der Waals surface area contributed by atoms with E-state index in [4.69, 9.17) is 16.0 Å². The molecular weight excluding hydrogens is 281 g/mol. The molecule has 1 fully saturated rings. The van der Waals surface area contributed by atoms with Gasteiger partial charge in [-0.1, -0.05) is 0 Å². The molecular formula is C10H11BrClNO2. The average molecular weight is 293 g/mol. The zero-order valence-corrected chi connectivity index (χ0v) is 10.4. The molecule has 0 aromatic carbocycles. The number of amides is 1. The number of carbonyl (C=O) groups excluding carboxylic acids is 1. The Balaban J connectivity index is 2.07. The number of carbonyl (C=O) groups is 1. The average Bonchev–Trinajstić information content (AvgIpc) is 2.84. The molecule has 82 valence electrons. The molecule has 15 heavy (non-hydrogen) atoms. The van der Waals surface area contributed by atoms with Gasteiger partial charge in [0.1, 0.15) is 0 Å². The van der Waals surface area contributed by atoms with Crippen molar-refractivity contribution in [3.8, 4) is 0 Å². The summed E-state index contributed by atoms with van der Waals surface area (Å²) < 4.78 is 5.54. The lowest BCUT2D eigenvalue weighted by atomic mass is 10.2. The van der Waals surface area contributed by atoms with Gasteiger partial charge in [0.15, 0.2) is 4.67 Å². The third-order valence-electron chi connectivity index (χ3n) is 2.64. The van der Waals surface area contributed by atoms with Crippen molar-refractivity contribution in [1.29, 1.82) is 0 Å². The van der Waals surface area contributed by atoms with E-state index in [9.17, 15) is 4.79 Å². The molecule has 1 amide bonds. The molecule has 0 N–H and O–H groups in total.